The van der Waals surface area contributed by atoms with Gasteiger partial charge in [-0.25, -0.2) is 9.97 Å². The van der Waals surface area contributed by atoms with Gasteiger partial charge in [0.05, 0.1) is 0 Å². The molecule has 6 heteroatoms. The predicted octanol–water partition coefficient (Wildman–Crippen LogP) is 2.99. The van der Waals surface area contributed by atoms with Crippen LogP contribution in [-0.4, -0.2) is 26.3 Å². The highest BCUT2D eigenvalue weighted by atomic mass is 16.2. The van der Waals surface area contributed by atoms with Crippen molar-refractivity contribution in [1.82, 2.24) is 14.4 Å². The number of carbonyl (C=O) groups is 1. The van der Waals surface area contributed by atoms with Crippen LogP contribution in [0.4, 0.5) is 5.82 Å². The second-order valence-electron chi connectivity index (χ2n) is 6.71. The fourth-order valence-corrected chi connectivity index (χ4v) is 3.57. The van der Waals surface area contributed by atoms with Crippen molar-refractivity contribution < 1.29 is 4.79 Å². The largest absolute Gasteiger partial charge is 0.289 e. The summed E-state index contributed by atoms with van der Waals surface area (Å²) in [7, 11) is 0. The van der Waals surface area contributed by atoms with Crippen LogP contribution in [0, 0.1) is 6.92 Å². The molecule has 0 saturated heterocycles. The molecule has 4 rings (SSSR count). The van der Waals surface area contributed by atoms with Crippen LogP contribution in [0.1, 0.15) is 41.6 Å². The maximum atomic E-state index is 13.3. The first-order chi connectivity index (χ1) is 12.6. The van der Waals surface area contributed by atoms with Gasteiger partial charge in [-0.15, -0.1) is 0 Å². The third-order valence-electron chi connectivity index (χ3n) is 4.90. The van der Waals surface area contributed by atoms with Crippen LogP contribution in [0.25, 0.3) is 5.65 Å². The monoisotopic (exact) mass is 348 g/mol. The lowest BCUT2D eigenvalue weighted by Crippen LogP contribution is -2.42. The van der Waals surface area contributed by atoms with Crippen LogP contribution in [-0.2, 0) is 0 Å². The van der Waals surface area contributed by atoms with Crippen LogP contribution in [0.3, 0.4) is 0 Å². The highest BCUT2D eigenvalue weighted by Gasteiger charge is 2.31. The summed E-state index contributed by atoms with van der Waals surface area (Å²) in [5, 5.41) is 0. The van der Waals surface area contributed by atoms with Crippen molar-refractivity contribution in [2.75, 3.05) is 4.90 Å². The fourth-order valence-electron chi connectivity index (χ4n) is 3.57. The third-order valence-corrected chi connectivity index (χ3v) is 4.90. The van der Waals surface area contributed by atoms with Crippen molar-refractivity contribution in [2.45, 2.75) is 38.6 Å². The van der Waals surface area contributed by atoms with Gasteiger partial charge < -0.3 is 0 Å². The van der Waals surface area contributed by atoms with Crippen LogP contribution < -0.4 is 10.5 Å². The van der Waals surface area contributed by atoms with E-state index in [1.807, 2.05) is 37.3 Å². The Morgan fingerprint density at radius 2 is 2.00 bits per heavy atom. The summed E-state index contributed by atoms with van der Waals surface area (Å²) in [6.45, 7) is 1.94. The molecule has 3 heterocycles. The minimum Gasteiger partial charge on any atom is -0.289 e. The van der Waals surface area contributed by atoms with Crippen molar-refractivity contribution in [2.24, 2.45) is 0 Å². The maximum Gasteiger partial charge on any atom is 0.270 e. The van der Waals surface area contributed by atoms with E-state index in [4.69, 9.17) is 0 Å². The van der Waals surface area contributed by atoms with Crippen molar-refractivity contribution in [3.63, 3.8) is 0 Å². The second-order valence-corrected chi connectivity index (χ2v) is 6.71. The van der Waals surface area contributed by atoms with Gasteiger partial charge in [0.25, 0.3) is 11.5 Å². The Morgan fingerprint density at radius 1 is 1.19 bits per heavy atom. The van der Waals surface area contributed by atoms with E-state index in [2.05, 4.69) is 9.97 Å². The standard InChI is InChI=1S/C20H20N4O2/c1-14-9-11-23-18(12-14)22-13-16(19(23)25)20(26)24(15-6-2-3-7-15)17-8-4-5-10-21-17/h4-5,8-13,15H,2-3,6-7H2,1H3. The van der Waals surface area contributed by atoms with E-state index in [0.717, 1.165) is 31.2 Å². The number of nitrogens with zero attached hydrogens (tertiary/aromatic N) is 4. The molecule has 0 aliphatic heterocycles. The molecule has 0 bridgehead atoms. The van der Waals surface area contributed by atoms with Gasteiger partial charge in [0.15, 0.2) is 0 Å². The zero-order chi connectivity index (χ0) is 18.1. The summed E-state index contributed by atoms with van der Waals surface area (Å²) in [4.78, 5) is 36.5. The summed E-state index contributed by atoms with van der Waals surface area (Å²) in [6, 6.07) is 9.20. The van der Waals surface area contributed by atoms with Gasteiger partial charge in [0.1, 0.15) is 17.0 Å². The molecule has 0 N–H and O–H groups in total. The van der Waals surface area contributed by atoms with E-state index in [-0.39, 0.29) is 23.1 Å². The Balaban J connectivity index is 1.81. The zero-order valence-electron chi connectivity index (χ0n) is 14.6. The highest BCUT2D eigenvalue weighted by Crippen LogP contribution is 2.28. The first-order valence-electron chi connectivity index (χ1n) is 8.88. The lowest BCUT2D eigenvalue weighted by molar-refractivity contribution is 0.0974. The predicted molar refractivity (Wildman–Crippen MR) is 99.5 cm³/mol. The van der Waals surface area contributed by atoms with Crippen molar-refractivity contribution in [3.8, 4) is 0 Å². The van der Waals surface area contributed by atoms with E-state index in [0.29, 0.717) is 11.5 Å². The van der Waals surface area contributed by atoms with Gasteiger partial charge in [0.2, 0.25) is 0 Å². The third kappa shape index (κ3) is 2.87. The number of amides is 1. The summed E-state index contributed by atoms with van der Waals surface area (Å²) in [6.07, 6.45) is 8.72. The Labute approximate surface area is 151 Å². The molecule has 1 aliphatic rings. The van der Waals surface area contributed by atoms with Gasteiger partial charge in [-0.3, -0.25) is 18.9 Å². The van der Waals surface area contributed by atoms with E-state index in [1.54, 1.807) is 17.3 Å². The number of aryl methyl sites for hydroxylation is 1. The maximum absolute atomic E-state index is 13.3. The molecule has 0 radical (unpaired) electrons. The molecule has 26 heavy (non-hydrogen) atoms. The summed E-state index contributed by atoms with van der Waals surface area (Å²) in [5.41, 5.74) is 1.27. The average Bonchev–Trinajstić information content (AvgIpc) is 3.17. The number of fused-ring (bicyclic) bond motifs is 1. The summed E-state index contributed by atoms with van der Waals surface area (Å²) < 4.78 is 1.42. The quantitative estimate of drug-likeness (QED) is 0.730. The van der Waals surface area contributed by atoms with Crippen molar-refractivity contribution in [1.29, 1.82) is 0 Å². The van der Waals surface area contributed by atoms with Gasteiger partial charge in [0, 0.05) is 24.6 Å². The molecule has 0 atom stereocenters. The molecular formula is C20H20N4O2. The highest BCUT2D eigenvalue weighted by molar-refractivity contribution is 6.05. The molecule has 1 amide bonds. The molecule has 1 saturated carbocycles. The number of carbonyl (C=O) groups excluding carboxylic acids is 1. The Kier molecular flexibility index (Phi) is 4.24. The number of aromatic nitrogens is 3. The SMILES string of the molecule is Cc1ccn2c(=O)c(C(=O)N(c3ccccn3)C3CCCC3)cnc2c1. The van der Waals surface area contributed by atoms with Gasteiger partial charge >= 0.3 is 0 Å². The summed E-state index contributed by atoms with van der Waals surface area (Å²) >= 11 is 0. The molecule has 0 aromatic carbocycles. The molecular weight excluding hydrogens is 328 g/mol. The molecule has 132 valence electrons. The van der Waals surface area contributed by atoms with Crippen molar-refractivity contribution in [3.05, 3.63) is 70.4 Å². The Bertz CT molecular complexity index is 1010. The number of hydrogen-bond acceptors (Lipinski definition) is 4. The normalized spacial score (nSPS) is 14.7. The smallest absolute Gasteiger partial charge is 0.270 e. The lowest BCUT2D eigenvalue weighted by atomic mass is 10.1. The number of hydrogen-bond donors (Lipinski definition) is 0. The van der Waals surface area contributed by atoms with E-state index >= 15 is 0 Å². The first-order valence-corrected chi connectivity index (χ1v) is 8.88. The average molecular weight is 348 g/mol. The molecule has 0 spiro atoms. The Hall–Kier alpha value is -3.02. The first kappa shape index (κ1) is 16.4. The number of anilines is 1. The van der Waals surface area contributed by atoms with Crippen LogP contribution in [0.15, 0.2) is 53.7 Å². The van der Waals surface area contributed by atoms with Gasteiger partial charge in [-0.1, -0.05) is 18.9 Å². The van der Waals surface area contributed by atoms with Gasteiger partial charge in [-0.2, -0.15) is 0 Å². The van der Waals surface area contributed by atoms with E-state index < -0.39 is 0 Å². The van der Waals surface area contributed by atoms with Crippen LogP contribution in [0.2, 0.25) is 0 Å². The number of rotatable bonds is 3. The molecule has 3 aromatic heterocycles. The fraction of sp³-hybridized carbons (Fsp3) is 0.300. The topological polar surface area (TPSA) is 67.6 Å². The minimum atomic E-state index is -0.348. The number of pyridine rings is 2. The lowest BCUT2D eigenvalue weighted by Gasteiger charge is -2.27. The van der Waals surface area contributed by atoms with Gasteiger partial charge in [-0.05, 0) is 49.6 Å². The summed E-state index contributed by atoms with van der Waals surface area (Å²) in [5.74, 6) is 0.251. The van der Waals surface area contributed by atoms with E-state index in [9.17, 15) is 9.59 Å². The second kappa shape index (κ2) is 6.71. The van der Waals surface area contributed by atoms with Crippen LogP contribution in [0.5, 0.6) is 0 Å². The minimum absolute atomic E-state index is 0.0653. The molecule has 3 aromatic rings. The molecule has 0 unspecified atom stereocenters. The molecule has 1 aliphatic carbocycles. The molecule has 1 fully saturated rings. The zero-order valence-corrected chi connectivity index (χ0v) is 14.6. The Morgan fingerprint density at radius 3 is 2.73 bits per heavy atom. The van der Waals surface area contributed by atoms with Crippen LogP contribution >= 0.6 is 0 Å². The van der Waals surface area contributed by atoms with Crippen molar-refractivity contribution >= 4 is 17.4 Å². The molecule has 6 nitrogen and oxygen atoms in total. The van der Waals surface area contributed by atoms with E-state index in [1.165, 1.54) is 10.6 Å².